The zero-order valence-corrected chi connectivity index (χ0v) is 27.3. The van der Waals surface area contributed by atoms with E-state index >= 15 is 0 Å². The van der Waals surface area contributed by atoms with Gasteiger partial charge < -0.3 is 9.84 Å². The Labute approximate surface area is 253 Å². The van der Waals surface area contributed by atoms with Crippen LogP contribution in [0.2, 0.25) is 0 Å². The van der Waals surface area contributed by atoms with Gasteiger partial charge in [-0.3, -0.25) is 9.69 Å². The summed E-state index contributed by atoms with van der Waals surface area (Å²) in [5.41, 5.74) is 2.77. The normalized spacial score (nSPS) is 36.1. The van der Waals surface area contributed by atoms with Gasteiger partial charge in [-0.15, -0.1) is 0 Å². The maximum atomic E-state index is 12.8. The molecule has 2 saturated carbocycles. The molecule has 0 aromatic carbocycles. The summed E-state index contributed by atoms with van der Waals surface area (Å²) in [5.74, 6) is 8.05. The summed E-state index contributed by atoms with van der Waals surface area (Å²) < 4.78 is 5.62. The van der Waals surface area contributed by atoms with Gasteiger partial charge in [-0.2, -0.15) is 0 Å². The highest BCUT2D eigenvalue weighted by Gasteiger charge is 2.64. The van der Waals surface area contributed by atoms with Crippen molar-refractivity contribution < 1.29 is 19.4 Å². The number of aliphatic hydroxyl groups is 1. The van der Waals surface area contributed by atoms with Crippen LogP contribution in [-0.2, 0) is 9.53 Å². The van der Waals surface area contributed by atoms with Gasteiger partial charge in [0.15, 0.2) is 5.78 Å². The first-order chi connectivity index (χ1) is 19.4. The third-order valence-electron chi connectivity index (χ3n) is 10.8. The van der Waals surface area contributed by atoms with Crippen LogP contribution in [0.1, 0.15) is 107 Å². The standard InChI is InChI=1S/C37H51NO4/c1-33(2,3)20-21-37(41)19-16-29-28-12-10-24-22-26(39)11-13-27(24)31(28)30(23-36(29,37)8)35(7)17-14-25(15-18-35)38(9)32(40)42-34(4,5)6/h14-15,17,22,28-30,41H,10-13,16,18-19,23H2,1-9H3/t28-,29-,30-,35?,36-,37+/m0/s1. The maximum Gasteiger partial charge on any atom is 0.414 e. The Hall–Kier alpha value is -2.58. The van der Waals surface area contributed by atoms with Crippen LogP contribution in [0.5, 0.6) is 0 Å². The van der Waals surface area contributed by atoms with Gasteiger partial charge >= 0.3 is 6.09 Å². The maximum absolute atomic E-state index is 12.8. The second-order valence-electron chi connectivity index (χ2n) is 16.1. The van der Waals surface area contributed by atoms with Crippen LogP contribution in [0.3, 0.4) is 0 Å². The second-order valence-corrected chi connectivity index (χ2v) is 16.1. The van der Waals surface area contributed by atoms with Crippen LogP contribution in [0.15, 0.2) is 46.7 Å². The number of carbonyl (C=O) groups is 2. The predicted molar refractivity (Wildman–Crippen MR) is 167 cm³/mol. The molecule has 228 valence electrons. The Morgan fingerprint density at radius 1 is 1.10 bits per heavy atom. The van der Waals surface area contributed by atoms with E-state index in [4.69, 9.17) is 4.74 Å². The van der Waals surface area contributed by atoms with Gasteiger partial charge in [0.2, 0.25) is 0 Å². The Morgan fingerprint density at radius 2 is 1.81 bits per heavy atom. The van der Waals surface area contributed by atoms with E-state index in [9.17, 15) is 14.7 Å². The Bertz CT molecular complexity index is 1350. The van der Waals surface area contributed by atoms with Crippen LogP contribution in [-0.4, -0.2) is 40.1 Å². The van der Waals surface area contributed by atoms with Crippen LogP contribution >= 0.6 is 0 Å². The fourth-order valence-corrected chi connectivity index (χ4v) is 8.43. The van der Waals surface area contributed by atoms with Gasteiger partial charge in [0.25, 0.3) is 0 Å². The van der Waals surface area contributed by atoms with E-state index in [2.05, 4.69) is 64.7 Å². The Balaban J connectivity index is 1.55. The third kappa shape index (κ3) is 5.45. The molecule has 5 nitrogen and oxygen atoms in total. The average molecular weight is 574 g/mol. The number of hydrogen-bond acceptors (Lipinski definition) is 4. The summed E-state index contributed by atoms with van der Waals surface area (Å²) in [4.78, 5) is 26.8. The van der Waals surface area contributed by atoms with Gasteiger partial charge in [-0.1, -0.05) is 43.4 Å². The van der Waals surface area contributed by atoms with Crippen molar-refractivity contribution in [2.75, 3.05) is 7.05 Å². The van der Waals surface area contributed by atoms with Crippen molar-refractivity contribution in [1.82, 2.24) is 4.90 Å². The minimum atomic E-state index is -1.02. The SMILES string of the molecule is CN(C(=O)OC(C)(C)C)C1=CCC(C)([C@H]2C[C@@]3(C)[C@@H](CC[C@@]3(O)C#CC(C)(C)C)[C@@H]3CCC4=CC(=O)CCC4=C32)C=C1. The van der Waals surface area contributed by atoms with Gasteiger partial charge in [-0.05, 0) is 133 Å². The molecule has 1 N–H and O–H groups in total. The van der Waals surface area contributed by atoms with Crippen LogP contribution in [0, 0.1) is 45.8 Å². The van der Waals surface area contributed by atoms with Crippen molar-refractivity contribution in [2.45, 2.75) is 118 Å². The summed E-state index contributed by atoms with van der Waals surface area (Å²) in [6.07, 6.45) is 14.8. The molecule has 5 heteroatoms. The fourth-order valence-electron chi connectivity index (χ4n) is 8.43. The van der Waals surface area contributed by atoms with Crippen molar-refractivity contribution in [3.8, 4) is 11.8 Å². The zero-order valence-electron chi connectivity index (χ0n) is 27.3. The number of ketones is 1. The quantitative estimate of drug-likeness (QED) is 0.341. The minimum Gasteiger partial charge on any atom is -0.443 e. The lowest BCUT2D eigenvalue weighted by molar-refractivity contribution is -0.114. The van der Waals surface area contributed by atoms with Gasteiger partial charge in [0.05, 0.1) is 0 Å². The number of carbonyl (C=O) groups excluding carboxylic acids is 2. The van der Waals surface area contributed by atoms with Gasteiger partial charge in [0, 0.05) is 30.0 Å². The van der Waals surface area contributed by atoms with Crippen molar-refractivity contribution in [1.29, 1.82) is 0 Å². The fraction of sp³-hybridized carbons (Fsp3) is 0.676. The average Bonchev–Trinajstić information content (AvgIpc) is 3.16. The van der Waals surface area contributed by atoms with Gasteiger partial charge in [-0.25, -0.2) is 4.79 Å². The highest BCUT2D eigenvalue weighted by Crippen LogP contribution is 2.67. The highest BCUT2D eigenvalue weighted by molar-refractivity contribution is 5.93. The molecule has 5 rings (SSSR count). The van der Waals surface area contributed by atoms with E-state index in [-0.39, 0.29) is 34.0 Å². The number of likely N-dealkylation sites (N-methyl/N-ethyl adjacent to an activating group) is 1. The molecule has 0 spiro atoms. The van der Waals surface area contributed by atoms with Crippen molar-refractivity contribution >= 4 is 11.9 Å². The molecule has 0 heterocycles. The molecule has 0 aliphatic heterocycles. The lowest BCUT2D eigenvalue weighted by Gasteiger charge is -2.57. The third-order valence-corrected chi connectivity index (χ3v) is 10.8. The molecular weight excluding hydrogens is 522 g/mol. The largest absolute Gasteiger partial charge is 0.443 e. The first-order valence-electron chi connectivity index (χ1n) is 16.0. The van der Waals surface area contributed by atoms with E-state index in [0.717, 1.165) is 44.2 Å². The highest BCUT2D eigenvalue weighted by atomic mass is 16.6. The van der Waals surface area contributed by atoms with Crippen LogP contribution < -0.4 is 0 Å². The van der Waals surface area contributed by atoms with Crippen molar-refractivity contribution in [3.05, 3.63) is 46.7 Å². The number of hydrogen-bond donors (Lipinski definition) is 1. The second kappa shape index (κ2) is 10.3. The van der Waals surface area contributed by atoms with E-state index in [1.54, 1.807) is 17.5 Å². The molecule has 6 atom stereocenters. The lowest BCUT2D eigenvalue weighted by atomic mass is 9.47. The van der Waals surface area contributed by atoms with E-state index in [1.165, 1.54) is 11.1 Å². The molecule has 5 aliphatic rings. The summed E-state index contributed by atoms with van der Waals surface area (Å²) in [6, 6.07) is 0. The van der Waals surface area contributed by atoms with E-state index < -0.39 is 11.2 Å². The molecule has 42 heavy (non-hydrogen) atoms. The molecule has 0 radical (unpaired) electrons. The summed E-state index contributed by atoms with van der Waals surface area (Å²) in [7, 11) is 1.77. The molecule has 5 aliphatic carbocycles. The topological polar surface area (TPSA) is 66.8 Å². The summed E-state index contributed by atoms with van der Waals surface area (Å²) >= 11 is 0. The smallest absolute Gasteiger partial charge is 0.414 e. The van der Waals surface area contributed by atoms with Crippen LogP contribution in [0.25, 0.3) is 0 Å². The van der Waals surface area contributed by atoms with Crippen LogP contribution in [0.4, 0.5) is 4.79 Å². The number of rotatable bonds is 2. The first kappa shape index (κ1) is 30.9. The predicted octanol–water partition coefficient (Wildman–Crippen LogP) is 7.92. The molecule has 0 bridgehead atoms. The Kier molecular flexibility index (Phi) is 7.54. The molecule has 0 aromatic rings. The molecule has 1 amide bonds. The van der Waals surface area contributed by atoms with Gasteiger partial charge in [0.1, 0.15) is 11.2 Å². The lowest BCUT2D eigenvalue weighted by Crippen LogP contribution is -2.54. The summed E-state index contributed by atoms with van der Waals surface area (Å²) in [6.45, 7) is 16.6. The molecular formula is C37H51NO4. The molecule has 0 aromatic heterocycles. The Morgan fingerprint density at radius 3 is 2.43 bits per heavy atom. The van der Waals surface area contributed by atoms with Crippen molar-refractivity contribution in [3.63, 3.8) is 0 Å². The number of amides is 1. The number of nitrogens with zero attached hydrogens (tertiary/aromatic N) is 1. The monoisotopic (exact) mass is 573 g/mol. The zero-order chi connectivity index (χ0) is 30.9. The molecule has 1 unspecified atom stereocenters. The number of allylic oxidation sites excluding steroid dienone is 7. The van der Waals surface area contributed by atoms with E-state index in [1.807, 2.05) is 26.8 Å². The molecule has 2 fully saturated rings. The first-order valence-corrected chi connectivity index (χ1v) is 16.0. The number of ether oxygens (including phenoxy) is 1. The summed E-state index contributed by atoms with van der Waals surface area (Å²) in [5, 5.41) is 12.3. The number of fused-ring (bicyclic) bond motifs is 4. The minimum absolute atomic E-state index is 0.177. The van der Waals surface area contributed by atoms with Crippen molar-refractivity contribution in [2.24, 2.45) is 34.0 Å². The van der Waals surface area contributed by atoms with E-state index in [0.29, 0.717) is 24.7 Å². The molecule has 0 saturated heterocycles.